The summed E-state index contributed by atoms with van der Waals surface area (Å²) in [4.78, 5) is 11.7. The molecule has 2 aromatic carbocycles. The third kappa shape index (κ3) is 3.83. The van der Waals surface area contributed by atoms with E-state index in [0.717, 1.165) is 16.9 Å². The number of carbonyl (C=O) groups excluding carboxylic acids is 1. The van der Waals surface area contributed by atoms with Crippen LogP contribution in [0, 0.1) is 13.8 Å². The Morgan fingerprint density at radius 1 is 1.05 bits per heavy atom. The largest absolute Gasteiger partial charge is 0.465 e. The van der Waals surface area contributed by atoms with Crippen LogP contribution in [0.2, 0.25) is 0 Å². The Morgan fingerprint density at radius 3 is 2.36 bits per heavy atom. The molecule has 0 radical (unpaired) electrons. The van der Waals surface area contributed by atoms with Crippen molar-refractivity contribution in [1.82, 2.24) is 0 Å². The fraction of sp³-hybridized carbons (Fsp3) is 0.176. The molecule has 5 heteroatoms. The average molecular weight is 314 g/mol. The summed E-state index contributed by atoms with van der Waals surface area (Å²) in [5.41, 5.74) is 4.18. The normalized spacial score (nSPS) is 9.95. The van der Waals surface area contributed by atoms with E-state index in [4.69, 9.17) is 17.0 Å². The zero-order valence-electron chi connectivity index (χ0n) is 12.8. The molecule has 0 saturated carbocycles. The molecule has 0 atom stereocenters. The second kappa shape index (κ2) is 7.04. The molecule has 0 bridgehead atoms. The highest BCUT2D eigenvalue weighted by atomic mass is 32.1. The van der Waals surface area contributed by atoms with Gasteiger partial charge in [-0.25, -0.2) is 4.79 Å². The number of aryl methyl sites for hydroxylation is 1. The third-order valence-corrected chi connectivity index (χ3v) is 3.50. The first-order valence-electron chi connectivity index (χ1n) is 6.84. The van der Waals surface area contributed by atoms with Crippen molar-refractivity contribution in [3.8, 4) is 0 Å². The van der Waals surface area contributed by atoms with E-state index in [9.17, 15) is 4.79 Å². The first kappa shape index (κ1) is 16.0. The number of esters is 1. The molecule has 0 aliphatic heterocycles. The lowest BCUT2D eigenvalue weighted by Gasteiger charge is -2.14. The molecule has 2 rings (SSSR count). The summed E-state index contributed by atoms with van der Waals surface area (Å²) in [6.45, 7) is 3.88. The number of nitrogens with one attached hydrogen (secondary N) is 2. The van der Waals surface area contributed by atoms with Crippen molar-refractivity contribution in [2.45, 2.75) is 13.8 Å². The number of thiocarbonyl (C=S) groups is 1. The highest BCUT2D eigenvalue weighted by molar-refractivity contribution is 7.80. The summed E-state index contributed by atoms with van der Waals surface area (Å²) in [6, 6.07) is 13.3. The standard InChI is InChI=1S/C17H18N2O2S/c1-11-7-9-13(10-8-11)18-17(22)19-15-6-4-5-14(12(15)2)16(20)21-3/h4-10H,1-3H3,(H2,18,19,22). The molecule has 2 N–H and O–H groups in total. The van der Waals surface area contributed by atoms with Gasteiger partial charge in [0, 0.05) is 11.4 Å². The van der Waals surface area contributed by atoms with Gasteiger partial charge in [-0.2, -0.15) is 0 Å². The van der Waals surface area contributed by atoms with Crippen LogP contribution in [-0.4, -0.2) is 18.2 Å². The Kier molecular flexibility index (Phi) is 5.12. The molecule has 0 unspecified atom stereocenters. The van der Waals surface area contributed by atoms with Gasteiger partial charge in [0.15, 0.2) is 5.11 Å². The van der Waals surface area contributed by atoms with Crippen molar-refractivity contribution in [2.24, 2.45) is 0 Å². The molecule has 0 spiro atoms. The van der Waals surface area contributed by atoms with E-state index in [1.165, 1.54) is 12.7 Å². The average Bonchev–Trinajstić information content (AvgIpc) is 2.51. The zero-order chi connectivity index (χ0) is 16.1. The van der Waals surface area contributed by atoms with E-state index in [0.29, 0.717) is 10.7 Å². The van der Waals surface area contributed by atoms with Gasteiger partial charge in [-0.1, -0.05) is 23.8 Å². The Balaban J connectivity index is 2.11. The van der Waals surface area contributed by atoms with Crippen molar-refractivity contribution in [3.63, 3.8) is 0 Å². The lowest BCUT2D eigenvalue weighted by atomic mass is 10.1. The molecule has 2 aromatic rings. The molecule has 0 amide bonds. The fourth-order valence-electron chi connectivity index (χ4n) is 2.02. The lowest BCUT2D eigenvalue weighted by molar-refractivity contribution is 0.0600. The van der Waals surface area contributed by atoms with Gasteiger partial charge in [0.05, 0.1) is 12.7 Å². The predicted molar refractivity (Wildman–Crippen MR) is 93.5 cm³/mol. The number of methoxy groups -OCH3 is 1. The number of benzene rings is 2. The van der Waals surface area contributed by atoms with E-state index in [2.05, 4.69) is 10.6 Å². The van der Waals surface area contributed by atoms with Crippen LogP contribution in [0.25, 0.3) is 0 Å². The van der Waals surface area contributed by atoms with E-state index < -0.39 is 0 Å². The van der Waals surface area contributed by atoms with Gasteiger partial charge in [-0.3, -0.25) is 0 Å². The van der Waals surface area contributed by atoms with Crippen molar-refractivity contribution >= 4 is 34.7 Å². The molecular weight excluding hydrogens is 296 g/mol. The lowest BCUT2D eigenvalue weighted by Crippen LogP contribution is -2.20. The minimum Gasteiger partial charge on any atom is -0.465 e. The minimum absolute atomic E-state index is 0.362. The first-order valence-corrected chi connectivity index (χ1v) is 7.24. The van der Waals surface area contributed by atoms with Crippen LogP contribution in [-0.2, 0) is 4.74 Å². The maximum atomic E-state index is 11.7. The molecule has 0 aliphatic carbocycles. The Morgan fingerprint density at radius 2 is 1.73 bits per heavy atom. The van der Waals surface area contributed by atoms with Crippen molar-refractivity contribution in [3.05, 3.63) is 59.2 Å². The van der Waals surface area contributed by atoms with Crippen LogP contribution in [0.15, 0.2) is 42.5 Å². The van der Waals surface area contributed by atoms with Crippen LogP contribution in [0.5, 0.6) is 0 Å². The third-order valence-electron chi connectivity index (χ3n) is 3.30. The molecule has 0 heterocycles. The molecule has 0 fully saturated rings. The van der Waals surface area contributed by atoms with Crippen LogP contribution >= 0.6 is 12.2 Å². The Labute approximate surface area is 135 Å². The van der Waals surface area contributed by atoms with E-state index in [1.54, 1.807) is 12.1 Å². The number of ether oxygens (including phenoxy) is 1. The van der Waals surface area contributed by atoms with Gasteiger partial charge >= 0.3 is 5.97 Å². The quantitative estimate of drug-likeness (QED) is 0.665. The van der Waals surface area contributed by atoms with E-state index in [-0.39, 0.29) is 5.97 Å². The smallest absolute Gasteiger partial charge is 0.338 e. The number of carbonyl (C=O) groups is 1. The van der Waals surface area contributed by atoms with Gasteiger partial charge in [0.2, 0.25) is 0 Å². The maximum Gasteiger partial charge on any atom is 0.338 e. The van der Waals surface area contributed by atoms with Crippen LogP contribution in [0.4, 0.5) is 11.4 Å². The van der Waals surface area contributed by atoms with Gasteiger partial charge < -0.3 is 15.4 Å². The summed E-state index contributed by atoms with van der Waals surface area (Å²) < 4.78 is 4.77. The monoisotopic (exact) mass is 314 g/mol. The Hall–Kier alpha value is -2.40. The number of hydrogen-bond donors (Lipinski definition) is 2. The van der Waals surface area contributed by atoms with Crippen LogP contribution < -0.4 is 10.6 Å². The van der Waals surface area contributed by atoms with Gasteiger partial charge in [-0.05, 0) is 55.9 Å². The molecule has 0 aromatic heterocycles. The highest BCUT2D eigenvalue weighted by Crippen LogP contribution is 2.20. The second-order valence-corrected chi connectivity index (χ2v) is 5.32. The van der Waals surface area contributed by atoms with Crippen LogP contribution in [0.1, 0.15) is 21.5 Å². The van der Waals surface area contributed by atoms with Crippen molar-refractivity contribution < 1.29 is 9.53 Å². The molecular formula is C17H18N2O2S. The fourth-order valence-corrected chi connectivity index (χ4v) is 2.25. The summed E-state index contributed by atoms with van der Waals surface area (Å²) >= 11 is 5.31. The van der Waals surface area contributed by atoms with Gasteiger partial charge in [0.25, 0.3) is 0 Å². The highest BCUT2D eigenvalue weighted by Gasteiger charge is 2.12. The van der Waals surface area contributed by atoms with Crippen molar-refractivity contribution in [2.75, 3.05) is 17.7 Å². The molecule has 0 aliphatic rings. The van der Waals surface area contributed by atoms with Gasteiger partial charge in [-0.15, -0.1) is 0 Å². The topological polar surface area (TPSA) is 50.4 Å². The minimum atomic E-state index is -0.362. The molecule has 22 heavy (non-hydrogen) atoms. The van der Waals surface area contributed by atoms with E-state index >= 15 is 0 Å². The zero-order valence-corrected chi connectivity index (χ0v) is 13.6. The van der Waals surface area contributed by atoms with Gasteiger partial charge in [0.1, 0.15) is 0 Å². The van der Waals surface area contributed by atoms with E-state index in [1.807, 2.05) is 44.2 Å². The molecule has 114 valence electrons. The second-order valence-electron chi connectivity index (χ2n) is 4.91. The summed E-state index contributed by atoms with van der Waals surface area (Å²) in [5.74, 6) is -0.362. The van der Waals surface area contributed by atoms with Crippen molar-refractivity contribution in [1.29, 1.82) is 0 Å². The first-order chi connectivity index (χ1) is 10.5. The summed E-state index contributed by atoms with van der Waals surface area (Å²) in [5, 5.41) is 6.68. The SMILES string of the molecule is COC(=O)c1cccc(NC(=S)Nc2ccc(C)cc2)c1C. The molecule has 4 nitrogen and oxygen atoms in total. The number of rotatable bonds is 3. The molecule has 0 saturated heterocycles. The maximum absolute atomic E-state index is 11.7. The Bertz CT molecular complexity index is 696. The summed E-state index contributed by atoms with van der Waals surface area (Å²) in [6.07, 6.45) is 0. The predicted octanol–water partition coefficient (Wildman–Crippen LogP) is 3.90. The summed E-state index contributed by atoms with van der Waals surface area (Å²) in [7, 11) is 1.37. The number of anilines is 2. The number of hydrogen-bond acceptors (Lipinski definition) is 3. The van der Waals surface area contributed by atoms with Crippen LogP contribution in [0.3, 0.4) is 0 Å².